The minimum atomic E-state index is -5.08. The second-order valence-electron chi connectivity index (χ2n) is 7.10. The number of aromatic nitrogens is 3. The molecule has 2 aliphatic heterocycles. The number of fused-ring (bicyclic) bond motifs is 1. The van der Waals surface area contributed by atoms with Gasteiger partial charge in [0.25, 0.3) is 0 Å². The average Bonchev–Trinajstić information content (AvgIpc) is 3.37. The molecule has 0 aromatic carbocycles. The van der Waals surface area contributed by atoms with Crippen molar-refractivity contribution in [2.24, 2.45) is 0 Å². The van der Waals surface area contributed by atoms with Crippen LogP contribution in [0.25, 0.3) is 0 Å². The minimum Gasteiger partial charge on any atom is -0.475 e. The SMILES string of the molecule is O=C(O)C(F)(F)F.O=C1CCCN1Cc1nnc2n1CCCN(Cc1ccsc1)C2. The molecule has 0 unspecified atom stereocenters. The van der Waals surface area contributed by atoms with Crippen LogP contribution < -0.4 is 0 Å². The topological polar surface area (TPSA) is 91.6 Å². The Bertz CT molecular complexity index is 869. The second-order valence-corrected chi connectivity index (χ2v) is 7.88. The van der Waals surface area contributed by atoms with Gasteiger partial charge in [-0.2, -0.15) is 24.5 Å². The van der Waals surface area contributed by atoms with Crippen molar-refractivity contribution in [2.45, 2.75) is 51.6 Å². The molecule has 0 spiro atoms. The number of rotatable bonds is 4. The first-order valence-electron chi connectivity index (χ1n) is 9.46. The van der Waals surface area contributed by atoms with Gasteiger partial charge in [0.05, 0.1) is 13.1 Å². The molecular weight excluding hydrogens is 423 g/mol. The van der Waals surface area contributed by atoms with E-state index < -0.39 is 12.1 Å². The molecular formula is C18H22F3N5O3S. The van der Waals surface area contributed by atoms with Crippen LogP contribution in [0.5, 0.6) is 0 Å². The molecule has 0 saturated carbocycles. The highest BCUT2D eigenvalue weighted by molar-refractivity contribution is 7.07. The second kappa shape index (κ2) is 9.56. The van der Waals surface area contributed by atoms with E-state index in [1.165, 1.54) is 5.56 Å². The Kier molecular flexibility index (Phi) is 7.08. The summed E-state index contributed by atoms with van der Waals surface area (Å²) < 4.78 is 34.0. The molecule has 2 aliphatic rings. The van der Waals surface area contributed by atoms with Gasteiger partial charge in [-0.05, 0) is 35.2 Å². The largest absolute Gasteiger partial charge is 0.490 e. The Morgan fingerprint density at radius 2 is 1.93 bits per heavy atom. The van der Waals surface area contributed by atoms with Crippen LogP contribution in [0.3, 0.4) is 0 Å². The Hall–Kier alpha value is -2.47. The Balaban J connectivity index is 0.000000318. The average molecular weight is 445 g/mol. The third-order valence-electron chi connectivity index (χ3n) is 4.86. The van der Waals surface area contributed by atoms with E-state index in [0.29, 0.717) is 13.0 Å². The van der Waals surface area contributed by atoms with E-state index in [0.717, 1.165) is 57.2 Å². The summed E-state index contributed by atoms with van der Waals surface area (Å²) in [6, 6.07) is 2.19. The maximum absolute atomic E-state index is 11.8. The number of alkyl halides is 3. The molecule has 4 heterocycles. The molecule has 8 nitrogen and oxygen atoms in total. The smallest absolute Gasteiger partial charge is 0.475 e. The van der Waals surface area contributed by atoms with Crippen molar-refractivity contribution in [1.82, 2.24) is 24.6 Å². The third-order valence-corrected chi connectivity index (χ3v) is 5.59. The quantitative estimate of drug-likeness (QED) is 0.778. The molecule has 0 radical (unpaired) electrons. The first-order valence-corrected chi connectivity index (χ1v) is 10.4. The fourth-order valence-electron chi connectivity index (χ4n) is 3.41. The number of carbonyl (C=O) groups excluding carboxylic acids is 1. The predicted molar refractivity (Wildman–Crippen MR) is 101 cm³/mol. The van der Waals surface area contributed by atoms with Gasteiger partial charge in [-0.15, -0.1) is 10.2 Å². The van der Waals surface area contributed by atoms with Gasteiger partial charge in [-0.25, -0.2) is 4.79 Å². The number of carboxylic acids is 1. The molecule has 0 atom stereocenters. The summed E-state index contributed by atoms with van der Waals surface area (Å²) >= 11 is 1.74. The number of hydrogen-bond donors (Lipinski definition) is 1. The van der Waals surface area contributed by atoms with Crippen molar-refractivity contribution in [1.29, 1.82) is 0 Å². The Morgan fingerprint density at radius 1 is 1.17 bits per heavy atom. The van der Waals surface area contributed by atoms with Crippen molar-refractivity contribution in [3.8, 4) is 0 Å². The highest BCUT2D eigenvalue weighted by Crippen LogP contribution is 2.19. The van der Waals surface area contributed by atoms with Crippen LogP contribution in [0.15, 0.2) is 16.8 Å². The zero-order valence-corrected chi connectivity index (χ0v) is 17.0. The summed E-state index contributed by atoms with van der Waals surface area (Å²) in [7, 11) is 0. The number of aliphatic carboxylic acids is 1. The molecule has 0 bridgehead atoms. The van der Waals surface area contributed by atoms with Crippen molar-refractivity contribution >= 4 is 23.2 Å². The lowest BCUT2D eigenvalue weighted by atomic mass is 10.3. The molecule has 1 saturated heterocycles. The van der Waals surface area contributed by atoms with Gasteiger partial charge in [-0.1, -0.05) is 0 Å². The number of amides is 1. The van der Waals surface area contributed by atoms with Gasteiger partial charge in [0.15, 0.2) is 5.82 Å². The van der Waals surface area contributed by atoms with Crippen LogP contribution in [0.1, 0.15) is 36.5 Å². The Morgan fingerprint density at radius 3 is 2.53 bits per heavy atom. The van der Waals surface area contributed by atoms with Gasteiger partial charge in [0.1, 0.15) is 5.82 Å². The number of carbonyl (C=O) groups is 2. The van der Waals surface area contributed by atoms with Gasteiger partial charge >= 0.3 is 12.1 Å². The minimum absolute atomic E-state index is 0.245. The van der Waals surface area contributed by atoms with Crippen LogP contribution in [0.2, 0.25) is 0 Å². The predicted octanol–water partition coefficient (Wildman–Crippen LogP) is 2.50. The normalized spacial score (nSPS) is 17.3. The molecule has 0 aliphatic carbocycles. The van der Waals surface area contributed by atoms with Gasteiger partial charge in [0, 0.05) is 32.6 Å². The maximum Gasteiger partial charge on any atom is 0.490 e. The van der Waals surface area contributed by atoms with E-state index in [-0.39, 0.29) is 5.91 Å². The molecule has 1 N–H and O–H groups in total. The van der Waals surface area contributed by atoms with E-state index in [1.807, 2.05) is 4.90 Å². The number of carboxylic acid groups (broad SMARTS) is 1. The van der Waals surface area contributed by atoms with Crippen molar-refractivity contribution in [2.75, 3.05) is 13.1 Å². The molecule has 12 heteroatoms. The lowest BCUT2D eigenvalue weighted by Crippen LogP contribution is -2.26. The Labute approximate surface area is 174 Å². The zero-order chi connectivity index (χ0) is 21.7. The standard InChI is InChI=1S/C16H21N5OS.C2HF3O2/c22-16-3-1-6-20(16)11-15-18-17-14-10-19(5-2-7-21(14)15)9-13-4-8-23-12-13;3-2(4,5)1(6)7/h4,8,12H,1-3,5-7,9-11H2;(H,6,7). The first-order chi connectivity index (χ1) is 14.2. The van der Waals surface area contributed by atoms with E-state index in [4.69, 9.17) is 9.90 Å². The fraction of sp³-hybridized carbons (Fsp3) is 0.556. The molecule has 1 amide bonds. The van der Waals surface area contributed by atoms with Crippen LogP contribution in [0.4, 0.5) is 13.2 Å². The molecule has 4 rings (SSSR count). The monoisotopic (exact) mass is 445 g/mol. The van der Waals surface area contributed by atoms with Gasteiger partial charge in [0.2, 0.25) is 5.91 Å². The molecule has 1 fully saturated rings. The lowest BCUT2D eigenvalue weighted by Gasteiger charge is -2.17. The van der Waals surface area contributed by atoms with E-state index in [2.05, 4.69) is 36.5 Å². The zero-order valence-electron chi connectivity index (χ0n) is 16.1. The molecule has 2 aromatic rings. The highest BCUT2D eigenvalue weighted by atomic mass is 32.1. The van der Waals surface area contributed by atoms with Crippen LogP contribution in [-0.2, 0) is 35.8 Å². The molecule has 2 aromatic heterocycles. The number of thiophene rings is 1. The summed E-state index contributed by atoms with van der Waals surface area (Å²) in [5.74, 6) is -0.547. The van der Waals surface area contributed by atoms with Crippen LogP contribution in [0, 0.1) is 0 Å². The van der Waals surface area contributed by atoms with Crippen molar-refractivity contribution in [3.63, 3.8) is 0 Å². The summed E-state index contributed by atoms with van der Waals surface area (Å²) in [6.45, 7) is 5.27. The van der Waals surface area contributed by atoms with E-state index in [1.54, 1.807) is 11.3 Å². The third kappa shape index (κ3) is 5.79. The fourth-order valence-corrected chi connectivity index (χ4v) is 4.07. The van der Waals surface area contributed by atoms with Gasteiger partial charge in [-0.3, -0.25) is 9.69 Å². The van der Waals surface area contributed by atoms with Crippen LogP contribution >= 0.6 is 11.3 Å². The maximum atomic E-state index is 11.8. The summed E-state index contributed by atoms with van der Waals surface area (Å²) in [6.07, 6.45) is -2.35. The first kappa shape index (κ1) is 22.2. The van der Waals surface area contributed by atoms with E-state index in [9.17, 15) is 18.0 Å². The molecule has 30 heavy (non-hydrogen) atoms. The summed E-state index contributed by atoms with van der Waals surface area (Å²) in [4.78, 5) is 25.1. The number of hydrogen-bond acceptors (Lipinski definition) is 6. The van der Waals surface area contributed by atoms with E-state index >= 15 is 0 Å². The lowest BCUT2D eigenvalue weighted by molar-refractivity contribution is -0.192. The molecule has 164 valence electrons. The van der Waals surface area contributed by atoms with Crippen LogP contribution in [-0.4, -0.2) is 60.8 Å². The van der Waals surface area contributed by atoms with Gasteiger partial charge < -0.3 is 14.6 Å². The summed E-state index contributed by atoms with van der Waals surface area (Å²) in [5.41, 5.74) is 1.37. The number of nitrogens with zero attached hydrogens (tertiary/aromatic N) is 5. The van der Waals surface area contributed by atoms with Crippen molar-refractivity contribution < 1.29 is 27.9 Å². The van der Waals surface area contributed by atoms with Crippen molar-refractivity contribution in [3.05, 3.63) is 34.0 Å². The summed E-state index contributed by atoms with van der Waals surface area (Å²) in [5, 5.41) is 20.2. The number of likely N-dealkylation sites (tertiary alicyclic amines) is 1. The number of halogens is 3. The highest BCUT2D eigenvalue weighted by Gasteiger charge is 2.38.